The number of fused-ring (bicyclic) bond motifs is 1. The van der Waals surface area contributed by atoms with E-state index in [0.29, 0.717) is 0 Å². The number of rotatable bonds is 2. The van der Waals surface area contributed by atoms with Gasteiger partial charge in [0.2, 0.25) is 0 Å². The van der Waals surface area contributed by atoms with E-state index in [1.165, 1.54) is 22.8 Å². The van der Waals surface area contributed by atoms with Gasteiger partial charge in [0.1, 0.15) is 0 Å². The molecule has 0 atom stereocenters. The van der Waals surface area contributed by atoms with E-state index in [0.717, 1.165) is 5.92 Å². The van der Waals surface area contributed by atoms with E-state index >= 15 is 0 Å². The summed E-state index contributed by atoms with van der Waals surface area (Å²) in [6, 6.07) is 13.1. The largest absolute Gasteiger partial charge is 0.269 e. The molecule has 0 aliphatic heterocycles. The summed E-state index contributed by atoms with van der Waals surface area (Å²) in [5, 5.41) is 2.80. The Labute approximate surface area is 114 Å². The first-order valence-corrected chi connectivity index (χ1v) is 4.90. The zero-order valence-electron chi connectivity index (χ0n) is 9.57. The van der Waals surface area contributed by atoms with Crippen LogP contribution in [0.2, 0.25) is 0 Å². The van der Waals surface area contributed by atoms with Crippen molar-refractivity contribution in [3.63, 3.8) is 0 Å². The van der Waals surface area contributed by atoms with E-state index in [4.69, 9.17) is 0 Å². The summed E-state index contributed by atoms with van der Waals surface area (Å²) in [5.41, 5.74) is 1.49. The van der Waals surface area contributed by atoms with Crippen LogP contribution in [0.1, 0.15) is 19.4 Å². The zero-order valence-corrected chi connectivity index (χ0v) is 12.0. The second-order valence-electron chi connectivity index (χ2n) is 4.04. The SMILES string of the molecule is CC(C)C[c-]1ccc2ccccc21.F.F.[Zr]. The Hall–Kier alpha value is -0.427. The molecule has 0 radical (unpaired) electrons. The fraction of sp³-hybridized carbons (Fsp3) is 0.308. The Kier molecular flexibility index (Phi) is 8.73. The van der Waals surface area contributed by atoms with Crippen LogP contribution in [0.15, 0.2) is 36.4 Å². The van der Waals surface area contributed by atoms with E-state index < -0.39 is 0 Å². The Balaban J connectivity index is 0. The van der Waals surface area contributed by atoms with Gasteiger partial charge in [-0.05, 0) is 0 Å². The maximum absolute atomic E-state index is 2.27. The number of benzene rings is 1. The van der Waals surface area contributed by atoms with Gasteiger partial charge >= 0.3 is 0 Å². The zero-order chi connectivity index (χ0) is 9.26. The molecule has 0 amide bonds. The molecule has 0 heterocycles. The van der Waals surface area contributed by atoms with Gasteiger partial charge in [0, 0.05) is 26.2 Å². The number of hydrogen-bond acceptors (Lipinski definition) is 0. The van der Waals surface area contributed by atoms with Crippen molar-refractivity contribution in [2.45, 2.75) is 20.3 Å². The summed E-state index contributed by atoms with van der Waals surface area (Å²) < 4.78 is 0. The minimum atomic E-state index is 0. The Morgan fingerprint density at radius 1 is 1.06 bits per heavy atom. The van der Waals surface area contributed by atoms with Gasteiger partial charge in [0.05, 0.1) is 0 Å². The summed E-state index contributed by atoms with van der Waals surface area (Å²) in [6.45, 7) is 4.53. The molecular weight excluding hydrogens is 285 g/mol. The van der Waals surface area contributed by atoms with Crippen LogP contribution < -0.4 is 0 Å². The molecular formula is C13H17F2Zr-. The van der Waals surface area contributed by atoms with Crippen molar-refractivity contribution in [2.24, 2.45) is 5.92 Å². The minimum absolute atomic E-state index is 0. The van der Waals surface area contributed by atoms with Gasteiger partial charge in [-0.2, -0.15) is 6.07 Å². The summed E-state index contributed by atoms with van der Waals surface area (Å²) in [7, 11) is 0. The average Bonchev–Trinajstić information content (AvgIpc) is 2.48. The van der Waals surface area contributed by atoms with E-state index in [-0.39, 0.29) is 35.6 Å². The van der Waals surface area contributed by atoms with Gasteiger partial charge in [-0.3, -0.25) is 9.41 Å². The molecule has 0 fully saturated rings. The molecule has 0 nitrogen and oxygen atoms in total. The van der Waals surface area contributed by atoms with E-state index in [1.807, 2.05) is 0 Å². The Bertz CT molecular complexity index is 407. The molecule has 0 saturated carbocycles. The molecule has 0 aliphatic rings. The van der Waals surface area contributed by atoms with E-state index in [9.17, 15) is 0 Å². The Morgan fingerprint density at radius 2 is 1.69 bits per heavy atom. The molecule has 0 N–H and O–H groups in total. The van der Waals surface area contributed by atoms with Crippen molar-refractivity contribution in [1.29, 1.82) is 0 Å². The molecule has 0 aromatic heterocycles. The third-order valence-electron chi connectivity index (χ3n) is 2.40. The number of halogens is 2. The third-order valence-corrected chi connectivity index (χ3v) is 2.40. The molecule has 0 unspecified atom stereocenters. The Morgan fingerprint density at radius 3 is 2.31 bits per heavy atom. The van der Waals surface area contributed by atoms with Crippen LogP contribution in [0, 0.1) is 5.92 Å². The van der Waals surface area contributed by atoms with Gasteiger partial charge in [-0.25, -0.2) is 0 Å². The molecule has 2 rings (SSSR count). The van der Waals surface area contributed by atoms with Crippen molar-refractivity contribution in [1.82, 2.24) is 0 Å². The van der Waals surface area contributed by atoms with Crippen LogP contribution in [-0.2, 0) is 32.6 Å². The molecule has 0 spiro atoms. The second-order valence-corrected chi connectivity index (χ2v) is 4.04. The van der Waals surface area contributed by atoms with Crippen LogP contribution in [-0.4, -0.2) is 0 Å². The van der Waals surface area contributed by atoms with Crippen LogP contribution in [0.25, 0.3) is 10.8 Å². The standard InChI is InChI=1S/C13H15.2FH.Zr/c1-10(2)9-12-8-7-11-5-3-4-6-13(11)12;;;/h3-8,10H,9H2,1-2H3;2*1H;/q-1;;;. The average molecular weight is 302 g/mol. The van der Waals surface area contributed by atoms with Gasteiger partial charge in [0.15, 0.2) is 0 Å². The van der Waals surface area contributed by atoms with Crippen LogP contribution >= 0.6 is 0 Å². The summed E-state index contributed by atoms with van der Waals surface area (Å²) in [5.74, 6) is 0.741. The predicted molar refractivity (Wildman–Crippen MR) is 63.1 cm³/mol. The summed E-state index contributed by atoms with van der Waals surface area (Å²) in [6.07, 6.45) is 1.19. The first kappa shape index (κ1) is 18.0. The third kappa shape index (κ3) is 3.86. The normalized spacial score (nSPS) is 9.19. The van der Waals surface area contributed by atoms with Crippen LogP contribution in [0.5, 0.6) is 0 Å². The topological polar surface area (TPSA) is 0 Å². The number of hydrogen-bond donors (Lipinski definition) is 0. The monoisotopic (exact) mass is 301 g/mol. The maximum Gasteiger partial charge on any atom is 0 e. The van der Waals surface area contributed by atoms with Crippen molar-refractivity contribution < 1.29 is 35.6 Å². The van der Waals surface area contributed by atoms with Gasteiger partial charge in [0.25, 0.3) is 0 Å². The summed E-state index contributed by atoms with van der Waals surface area (Å²) in [4.78, 5) is 0. The molecule has 16 heavy (non-hydrogen) atoms. The van der Waals surface area contributed by atoms with Crippen molar-refractivity contribution in [3.05, 3.63) is 42.0 Å². The van der Waals surface area contributed by atoms with Gasteiger partial charge in [-0.1, -0.05) is 32.3 Å². The van der Waals surface area contributed by atoms with Crippen LogP contribution in [0.4, 0.5) is 9.41 Å². The van der Waals surface area contributed by atoms with Crippen molar-refractivity contribution >= 4 is 10.8 Å². The first-order valence-electron chi connectivity index (χ1n) is 4.90. The first-order chi connectivity index (χ1) is 6.27. The van der Waals surface area contributed by atoms with Crippen molar-refractivity contribution in [2.75, 3.05) is 0 Å². The van der Waals surface area contributed by atoms with Gasteiger partial charge in [-0.15, -0.1) is 40.6 Å². The quantitative estimate of drug-likeness (QED) is 0.734. The second kappa shape index (κ2) is 7.78. The molecule has 0 saturated heterocycles. The molecule has 3 heteroatoms. The van der Waals surface area contributed by atoms with Crippen molar-refractivity contribution in [3.8, 4) is 0 Å². The fourth-order valence-electron chi connectivity index (χ4n) is 1.83. The van der Waals surface area contributed by atoms with Crippen LogP contribution in [0.3, 0.4) is 0 Å². The van der Waals surface area contributed by atoms with E-state index in [1.54, 1.807) is 0 Å². The predicted octanol–water partition coefficient (Wildman–Crippen LogP) is 4.06. The summed E-state index contributed by atoms with van der Waals surface area (Å²) >= 11 is 0. The maximum atomic E-state index is 2.27. The molecule has 88 valence electrons. The molecule has 2 aromatic carbocycles. The molecule has 0 aliphatic carbocycles. The van der Waals surface area contributed by atoms with E-state index in [2.05, 4.69) is 50.2 Å². The van der Waals surface area contributed by atoms with Gasteiger partial charge < -0.3 is 0 Å². The molecule has 0 bridgehead atoms. The minimum Gasteiger partial charge on any atom is -0.269 e. The smallest absolute Gasteiger partial charge is 0 e. The molecule has 2 aromatic rings. The fourth-order valence-corrected chi connectivity index (χ4v) is 1.83.